The molecule has 10 nitrogen and oxygen atoms in total. The lowest BCUT2D eigenvalue weighted by atomic mass is 9.96. The van der Waals surface area contributed by atoms with E-state index >= 15 is 0 Å². The Hall–Kier alpha value is -3.25. The van der Waals surface area contributed by atoms with E-state index in [1.54, 1.807) is 23.2 Å². The molecule has 2 aliphatic rings. The summed E-state index contributed by atoms with van der Waals surface area (Å²) in [5.74, 6) is -0.943. The van der Waals surface area contributed by atoms with Crippen LogP contribution >= 0.6 is 24.0 Å². The number of nitrogens with two attached hydrogens (primary N) is 1. The van der Waals surface area contributed by atoms with E-state index in [1.165, 1.54) is 16.2 Å². The fourth-order valence-electron chi connectivity index (χ4n) is 5.47. The molecule has 2 amide bonds. The van der Waals surface area contributed by atoms with Gasteiger partial charge in [0.15, 0.2) is 0 Å². The number of hydrogen-bond acceptors (Lipinski definition) is 8. The zero-order chi connectivity index (χ0) is 30.2. The maximum atomic E-state index is 13.7. The van der Waals surface area contributed by atoms with Crippen LogP contribution in [0.3, 0.4) is 0 Å². The fraction of sp³-hybridized carbons (Fsp3) is 0.533. The molecule has 0 aliphatic carbocycles. The van der Waals surface area contributed by atoms with Crippen molar-refractivity contribution in [1.82, 2.24) is 14.3 Å². The largest absolute Gasteiger partial charge is 0.481 e. The van der Waals surface area contributed by atoms with Crippen molar-refractivity contribution in [1.29, 1.82) is 0 Å². The van der Waals surface area contributed by atoms with Crippen LogP contribution in [0.25, 0.3) is 11.7 Å². The van der Waals surface area contributed by atoms with Gasteiger partial charge in [0, 0.05) is 38.2 Å². The summed E-state index contributed by atoms with van der Waals surface area (Å²) >= 11 is 6.75. The Morgan fingerprint density at radius 3 is 2.38 bits per heavy atom. The van der Waals surface area contributed by atoms with Crippen molar-refractivity contribution in [3.05, 3.63) is 44.7 Å². The van der Waals surface area contributed by atoms with E-state index < -0.39 is 5.97 Å². The Labute approximate surface area is 255 Å². The van der Waals surface area contributed by atoms with Gasteiger partial charge in [0.25, 0.3) is 11.5 Å². The van der Waals surface area contributed by atoms with Gasteiger partial charge in [-0.1, -0.05) is 68.6 Å². The molecule has 12 heteroatoms. The minimum atomic E-state index is -0.737. The number of nitrogens with zero attached hydrogens (tertiary/aromatic N) is 4. The average Bonchev–Trinajstić information content (AvgIpc) is 3.23. The first-order chi connectivity index (χ1) is 20.2. The fourth-order valence-corrected chi connectivity index (χ4v) is 6.76. The number of thiocarbonyl (C=S) groups is 1. The summed E-state index contributed by atoms with van der Waals surface area (Å²) in [5, 5.41) is 8.71. The Morgan fingerprint density at radius 2 is 1.74 bits per heavy atom. The Balaban J connectivity index is 1.43. The van der Waals surface area contributed by atoms with Gasteiger partial charge >= 0.3 is 5.97 Å². The number of anilines is 1. The van der Waals surface area contributed by atoms with Crippen LogP contribution < -0.4 is 16.2 Å². The number of primary amides is 1. The minimum absolute atomic E-state index is 0.199. The lowest BCUT2D eigenvalue weighted by Gasteiger charge is -2.32. The number of aliphatic carboxylic acids is 1. The third-order valence-electron chi connectivity index (χ3n) is 7.93. The summed E-state index contributed by atoms with van der Waals surface area (Å²) in [6.07, 6.45) is 12.5. The van der Waals surface area contributed by atoms with Gasteiger partial charge < -0.3 is 15.7 Å². The second kappa shape index (κ2) is 14.8. The number of pyridine rings is 1. The van der Waals surface area contributed by atoms with Gasteiger partial charge in [-0.25, -0.2) is 4.98 Å². The second-order valence-corrected chi connectivity index (χ2v) is 12.7. The zero-order valence-electron chi connectivity index (χ0n) is 24.0. The Morgan fingerprint density at radius 1 is 1.10 bits per heavy atom. The van der Waals surface area contributed by atoms with Crippen LogP contribution in [0.4, 0.5) is 5.82 Å². The van der Waals surface area contributed by atoms with E-state index in [9.17, 15) is 19.2 Å². The second-order valence-electron chi connectivity index (χ2n) is 11.0. The molecule has 4 heterocycles. The van der Waals surface area contributed by atoms with Crippen molar-refractivity contribution in [2.45, 2.75) is 77.6 Å². The lowest BCUT2D eigenvalue weighted by Crippen LogP contribution is -2.40. The topological polar surface area (TPSA) is 138 Å². The minimum Gasteiger partial charge on any atom is -0.481 e. The van der Waals surface area contributed by atoms with E-state index in [0.29, 0.717) is 58.7 Å². The van der Waals surface area contributed by atoms with Crippen molar-refractivity contribution in [3.8, 4) is 0 Å². The highest BCUT2D eigenvalue weighted by molar-refractivity contribution is 8.26. The predicted octanol–water partition coefficient (Wildman–Crippen LogP) is 4.50. The summed E-state index contributed by atoms with van der Waals surface area (Å²) in [6, 6.07) is 3.70. The smallest absolute Gasteiger partial charge is 0.303 e. The van der Waals surface area contributed by atoms with Crippen LogP contribution in [0.5, 0.6) is 0 Å². The van der Waals surface area contributed by atoms with E-state index in [-0.39, 0.29) is 29.7 Å². The standard InChI is InChI=1S/C30H39N5O5S2/c1-20-11-10-16-34-26(20)32-27(33-17-13-21(14-18-33)25(31)38)22(28(34)39)19-23-29(40)35(30(41)42-23)15-9-7-5-3-2-4-6-8-12-24(36)37/h10-11,16,19,21H,2-9,12-15,17-18H2,1H3,(H2,31,38)(H,36,37). The molecule has 2 aromatic heterocycles. The van der Waals surface area contributed by atoms with E-state index in [1.807, 2.05) is 17.9 Å². The van der Waals surface area contributed by atoms with Crippen molar-refractivity contribution < 1.29 is 19.5 Å². The number of carboxylic acid groups (broad SMARTS) is 1. The molecule has 226 valence electrons. The van der Waals surface area contributed by atoms with Crippen LogP contribution in [-0.4, -0.2) is 61.1 Å². The van der Waals surface area contributed by atoms with Gasteiger partial charge in [-0.05, 0) is 50.3 Å². The zero-order valence-corrected chi connectivity index (χ0v) is 25.7. The number of hydrogen-bond donors (Lipinski definition) is 2. The summed E-state index contributed by atoms with van der Waals surface area (Å²) < 4.78 is 1.99. The van der Waals surface area contributed by atoms with E-state index in [4.69, 9.17) is 28.0 Å². The number of thioether (sulfide) groups is 1. The third-order valence-corrected chi connectivity index (χ3v) is 9.31. The number of carbonyl (C=O) groups excluding carboxylic acids is 2. The summed E-state index contributed by atoms with van der Waals surface area (Å²) in [4.78, 5) is 58.3. The highest BCUT2D eigenvalue weighted by Crippen LogP contribution is 2.34. The molecule has 0 radical (unpaired) electrons. The van der Waals surface area contributed by atoms with Gasteiger partial charge in [0.05, 0.1) is 10.5 Å². The quantitative estimate of drug-likeness (QED) is 0.179. The molecule has 2 saturated heterocycles. The van der Waals surface area contributed by atoms with E-state index in [0.717, 1.165) is 56.9 Å². The number of fused-ring (bicyclic) bond motifs is 1. The molecule has 0 aromatic carbocycles. The summed E-state index contributed by atoms with van der Waals surface area (Å²) in [7, 11) is 0. The molecule has 0 unspecified atom stereocenters. The molecule has 0 bridgehead atoms. The number of aromatic nitrogens is 2. The first-order valence-electron chi connectivity index (χ1n) is 14.7. The SMILES string of the molecule is Cc1cccn2c(=O)c(C=C3SC(=S)N(CCCCCCCCCCC(=O)O)C3=O)c(N3CCC(C(N)=O)CC3)nc12. The first kappa shape index (κ1) is 31.7. The van der Waals surface area contributed by atoms with Crippen LogP contribution in [0.2, 0.25) is 0 Å². The molecule has 2 aliphatic heterocycles. The number of aryl methyl sites for hydroxylation is 1. The van der Waals surface area contributed by atoms with Crippen LogP contribution in [0.15, 0.2) is 28.0 Å². The molecule has 0 saturated carbocycles. The lowest BCUT2D eigenvalue weighted by molar-refractivity contribution is -0.137. The maximum absolute atomic E-state index is 13.7. The molecule has 0 spiro atoms. The van der Waals surface area contributed by atoms with Gasteiger partial charge in [0.2, 0.25) is 5.91 Å². The highest BCUT2D eigenvalue weighted by Gasteiger charge is 2.33. The van der Waals surface area contributed by atoms with Gasteiger partial charge in [-0.2, -0.15) is 0 Å². The Bertz CT molecular complexity index is 1430. The molecule has 42 heavy (non-hydrogen) atoms. The highest BCUT2D eigenvalue weighted by atomic mass is 32.2. The van der Waals surface area contributed by atoms with E-state index in [2.05, 4.69) is 0 Å². The number of amides is 2. The number of unbranched alkanes of at least 4 members (excludes halogenated alkanes) is 7. The monoisotopic (exact) mass is 613 g/mol. The van der Waals surface area contributed by atoms with Crippen molar-refractivity contribution in [3.63, 3.8) is 0 Å². The number of rotatable bonds is 14. The molecular weight excluding hydrogens is 574 g/mol. The summed E-state index contributed by atoms with van der Waals surface area (Å²) in [5.41, 5.74) is 7.02. The van der Waals surface area contributed by atoms with Crippen molar-refractivity contribution >= 4 is 63.6 Å². The van der Waals surface area contributed by atoms with Crippen LogP contribution in [0.1, 0.15) is 81.8 Å². The summed E-state index contributed by atoms with van der Waals surface area (Å²) in [6.45, 7) is 3.50. The average molecular weight is 614 g/mol. The predicted molar refractivity (Wildman–Crippen MR) is 169 cm³/mol. The van der Waals surface area contributed by atoms with Crippen LogP contribution in [0, 0.1) is 12.8 Å². The van der Waals surface area contributed by atoms with Crippen molar-refractivity contribution in [2.24, 2.45) is 11.7 Å². The number of carbonyl (C=O) groups is 3. The molecule has 2 aromatic rings. The number of carboxylic acids is 1. The molecule has 4 rings (SSSR count). The number of piperidine rings is 1. The molecule has 0 atom stereocenters. The normalized spacial score (nSPS) is 17.1. The van der Waals surface area contributed by atoms with Gasteiger partial charge in [-0.15, -0.1) is 0 Å². The molecule has 2 fully saturated rings. The molecular formula is C30H39N5O5S2. The Kier molecular flexibility index (Phi) is 11.1. The van der Waals surface area contributed by atoms with Gasteiger partial charge in [0.1, 0.15) is 15.8 Å². The van der Waals surface area contributed by atoms with Gasteiger partial charge in [-0.3, -0.25) is 28.5 Å². The first-order valence-corrected chi connectivity index (χ1v) is 15.9. The van der Waals surface area contributed by atoms with Crippen LogP contribution in [-0.2, 0) is 14.4 Å². The third kappa shape index (κ3) is 7.77. The maximum Gasteiger partial charge on any atom is 0.303 e. The molecule has 3 N–H and O–H groups in total. The van der Waals surface area contributed by atoms with Crippen molar-refractivity contribution in [2.75, 3.05) is 24.5 Å².